The molecule has 0 amide bonds. The zero-order valence-corrected chi connectivity index (χ0v) is 47.3. The van der Waals surface area contributed by atoms with E-state index < -0.39 is 0 Å². The van der Waals surface area contributed by atoms with Crippen molar-refractivity contribution >= 4 is 81.9 Å². The summed E-state index contributed by atoms with van der Waals surface area (Å²) >= 11 is 6.66. The van der Waals surface area contributed by atoms with Crippen molar-refractivity contribution in [2.75, 3.05) is 50.1 Å². The van der Waals surface area contributed by atoms with E-state index >= 15 is 0 Å². The number of hydrogen-bond acceptors (Lipinski definition) is 11. The first kappa shape index (κ1) is 57.8. The second kappa shape index (κ2) is 25.9. The molecule has 2 N–H and O–H groups in total. The van der Waals surface area contributed by atoms with Crippen molar-refractivity contribution in [3.05, 3.63) is 100 Å². The van der Waals surface area contributed by atoms with Gasteiger partial charge < -0.3 is 40.8 Å². The third kappa shape index (κ3) is 12.1. The minimum absolute atomic E-state index is 0. The molecule has 0 radical (unpaired) electrons. The number of rotatable bonds is 7. The van der Waals surface area contributed by atoms with Crippen LogP contribution in [0.2, 0.25) is 0 Å². The molecular formula is C46H58Br2K2N6O9. The molecule has 0 bridgehead atoms. The molecule has 2 atom stereocenters. The van der Waals surface area contributed by atoms with Crippen LogP contribution in [0.1, 0.15) is 68.9 Å². The molecule has 65 heavy (non-hydrogen) atoms. The van der Waals surface area contributed by atoms with Crippen LogP contribution in [0.5, 0.6) is 11.5 Å². The van der Waals surface area contributed by atoms with E-state index in [0.29, 0.717) is 31.3 Å². The average molecular weight is 1080 g/mol. The number of ether oxygens (including phenoxy) is 2. The van der Waals surface area contributed by atoms with E-state index in [9.17, 15) is 19.2 Å². The van der Waals surface area contributed by atoms with Crippen LogP contribution in [0.4, 0.5) is 0 Å². The molecule has 6 aromatic rings. The van der Waals surface area contributed by atoms with Gasteiger partial charge in [-0.2, -0.15) is 0 Å². The smallest absolute Gasteiger partial charge is 1.00 e. The number of nitrogens with two attached hydrogens (primary N) is 1. The van der Waals surface area contributed by atoms with Crippen molar-refractivity contribution in [3.8, 4) is 11.5 Å². The van der Waals surface area contributed by atoms with Crippen LogP contribution in [0.3, 0.4) is 0 Å². The van der Waals surface area contributed by atoms with Crippen molar-refractivity contribution in [2.24, 2.45) is 19.8 Å². The van der Waals surface area contributed by atoms with E-state index in [-0.39, 0.29) is 152 Å². The van der Waals surface area contributed by atoms with Crippen molar-refractivity contribution in [1.29, 1.82) is 0 Å². The van der Waals surface area contributed by atoms with Crippen molar-refractivity contribution < 1.29 is 129 Å². The van der Waals surface area contributed by atoms with Gasteiger partial charge in [-0.3, -0.25) is 33.1 Å². The van der Waals surface area contributed by atoms with Gasteiger partial charge in [-0.05, 0) is 101 Å². The number of alkyl halides is 2. The first-order valence-electron chi connectivity index (χ1n) is 20.6. The molecule has 3 aliphatic rings. The molecule has 342 valence electrons. The first-order chi connectivity index (χ1) is 29.7. The van der Waals surface area contributed by atoms with Crippen LogP contribution >= 0.6 is 31.9 Å². The van der Waals surface area contributed by atoms with Crippen LogP contribution in [0, 0.1) is 27.7 Å². The van der Waals surface area contributed by atoms with Crippen LogP contribution < -0.4 is 145 Å². The molecule has 15 nitrogen and oxygen atoms in total. The number of fused-ring (bicyclic) bond motifs is 4. The summed E-state index contributed by atoms with van der Waals surface area (Å²) in [6.45, 7) is 11.6. The SMILES string of the molecule is BrCCCCBr.C.Cc1cc(=O)n(C)c2c3c4c(cc12)c(C)cc(=O)n4[C@@H](CN)CO3.Cc1cc(=O)n(C)c2c3c4c(cc12)c(C)cc(=O)n4[C@@H](CN1CCCC1)CO3.O=CO[O-].[H-].[K+].[K+]. The molecule has 9 rings (SSSR count). The van der Waals surface area contributed by atoms with Gasteiger partial charge in [0.25, 0.3) is 28.7 Å². The van der Waals surface area contributed by atoms with E-state index in [1.165, 1.54) is 25.7 Å². The van der Waals surface area contributed by atoms with Gasteiger partial charge in [0.2, 0.25) is 0 Å². The molecule has 0 spiro atoms. The molecule has 0 saturated carbocycles. The second-order valence-corrected chi connectivity index (χ2v) is 17.6. The van der Waals surface area contributed by atoms with E-state index in [0.717, 1.165) is 96.2 Å². The third-order valence-electron chi connectivity index (χ3n) is 11.9. The predicted octanol–water partition coefficient (Wildman–Crippen LogP) is -0.390. The summed E-state index contributed by atoms with van der Waals surface area (Å²) in [7, 11) is 3.49. The topological polar surface area (TPSA) is 185 Å². The number of aromatic nitrogens is 4. The van der Waals surface area contributed by atoms with Gasteiger partial charge >= 0.3 is 103 Å². The molecule has 2 aromatic carbocycles. The Bertz CT molecular complexity index is 2920. The molecule has 3 aliphatic heterocycles. The summed E-state index contributed by atoms with van der Waals surface area (Å²) in [4.78, 5) is 63.9. The van der Waals surface area contributed by atoms with Crippen molar-refractivity contribution in [3.63, 3.8) is 0 Å². The Morgan fingerprint density at radius 1 is 0.677 bits per heavy atom. The number of nitrogens with zero attached hydrogens (tertiary/aromatic N) is 5. The molecular weight excluding hydrogens is 1020 g/mol. The maximum absolute atomic E-state index is 13.0. The van der Waals surface area contributed by atoms with Crippen LogP contribution in [0.15, 0.2) is 55.6 Å². The van der Waals surface area contributed by atoms with E-state index in [1.54, 1.807) is 52.1 Å². The predicted molar refractivity (Wildman–Crippen MR) is 256 cm³/mol. The Morgan fingerprint density at radius 3 is 1.40 bits per heavy atom. The number of likely N-dealkylation sites (tertiary alicyclic amines) is 1. The minimum Gasteiger partial charge on any atom is -1.00 e. The van der Waals surface area contributed by atoms with E-state index in [4.69, 9.17) is 25.3 Å². The number of benzene rings is 2. The second-order valence-electron chi connectivity index (χ2n) is 16.0. The van der Waals surface area contributed by atoms with Gasteiger partial charge in [-0.15, -0.1) is 0 Å². The van der Waals surface area contributed by atoms with Gasteiger partial charge in [0.15, 0.2) is 11.5 Å². The zero-order chi connectivity index (χ0) is 45.0. The standard InChI is InChI=1S/C22H25N3O3.C18H19N3O3.C4H8Br2.CH2O3.CH4.2K.H/c1-13-8-18(26)23(3)20-16(13)10-17-14(2)9-19(27)25-15(11-24-6-4-5-7-24)12-28-22(20)21(17)25;1-9-4-14(22)20(3)16-12(9)6-13-10(2)5-15(23)21-11(7-19)8-24-18(16)17(13)21;5-3-1-2-4-6;2-1-4-3;;;;/h8-10,15H,4-7,11-12H2,1-3H3;4-6,11H,7-8,19H2,1-3H3;1-4H2;1,3H;1H4;;;/q;;;;;2*+1;-1/p-1/t15-;11-;;;;;;/m00....../s1. The van der Waals surface area contributed by atoms with Gasteiger partial charge in [0.1, 0.15) is 13.2 Å². The maximum Gasteiger partial charge on any atom is 1.00 e. The number of carbonyl (C=O) groups excluding carboxylic acids is 1. The fraction of sp³-hybridized carbons (Fsp3) is 0.457. The number of unbranched alkanes of at least 4 members (excludes halogenated alkanes) is 1. The first-order valence-corrected chi connectivity index (χ1v) is 22.9. The normalized spacial score (nSPS) is 15.7. The maximum atomic E-state index is 13.0. The van der Waals surface area contributed by atoms with Crippen LogP contribution in [0.25, 0.3) is 43.6 Å². The van der Waals surface area contributed by atoms with E-state index in [1.807, 2.05) is 38.3 Å². The molecule has 4 aromatic heterocycles. The van der Waals surface area contributed by atoms with Crippen LogP contribution in [-0.4, -0.2) is 79.7 Å². The number of pyridine rings is 4. The summed E-state index contributed by atoms with van der Waals surface area (Å²) in [6.07, 6.45) is 5.00. The Hall–Kier alpha value is -1.54. The van der Waals surface area contributed by atoms with Crippen molar-refractivity contribution in [1.82, 2.24) is 23.2 Å². The number of halogens is 2. The van der Waals surface area contributed by atoms with E-state index in [2.05, 4.69) is 47.7 Å². The van der Waals surface area contributed by atoms with Gasteiger partial charge in [0, 0.05) is 83.7 Å². The van der Waals surface area contributed by atoms with Crippen molar-refractivity contribution in [2.45, 2.75) is 72.9 Å². The Labute approximate surface area is 481 Å². The third-order valence-corrected chi connectivity index (χ3v) is 13.0. The summed E-state index contributed by atoms with van der Waals surface area (Å²) in [6, 6.07) is 10.6. The monoisotopic (exact) mass is 1070 g/mol. The number of aryl methyl sites for hydroxylation is 6. The fourth-order valence-electron chi connectivity index (χ4n) is 8.71. The average Bonchev–Trinajstić information content (AvgIpc) is 3.78. The summed E-state index contributed by atoms with van der Waals surface area (Å²) in [5.74, 6) is 1.26. The Balaban J connectivity index is 0.000000361. The quantitative estimate of drug-likeness (QED) is 0.0418. The largest absolute Gasteiger partial charge is 1.00 e. The minimum atomic E-state index is -0.201. The number of hydrogen-bond donors (Lipinski definition) is 1. The molecule has 7 heterocycles. The Morgan fingerprint density at radius 2 is 1.03 bits per heavy atom. The molecule has 1 fully saturated rings. The van der Waals surface area contributed by atoms with Gasteiger partial charge in [-0.1, -0.05) is 39.3 Å². The summed E-state index contributed by atoms with van der Waals surface area (Å²) in [5, 5.41) is 14.6. The van der Waals surface area contributed by atoms with Crippen LogP contribution in [-0.2, 0) is 23.8 Å². The zero-order valence-electron chi connectivity index (χ0n) is 38.9. The summed E-state index contributed by atoms with van der Waals surface area (Å²) in [5.41, 5.74) is 12.3. The molecule has 0 aliphatic carbocycles. The Kier molecular flexibility index (Phi) is 23.0. The number of carbonyl (C=O) groups is 1. The summed E-state index contributed by atoms with van der Waals surface area (Å²) < 4.78 is 19.1. The van der Waals surface area contributed by atoms with Gasteiger partial charge in [0.05, 0.1) is 34.2 Å². The molecule has 19 heteroatoms. The molecule has 0 unspecified atom stereocenters. The fourth-order valence-corrected chi connectivity index (χ4v) is 9.51. The van der Waals surface area contributed by atoms with Gasteiger partial charge in [-0.25, -0.2) is 0 Å². The molecule has 1 saturated heterocycles.